The highest BCUT2D eigenvalue weighted by Crippen LogP contribution is 2.35. The molecular weight excluding hydrogens is 250 g/mol. The SMILES string of the molecule is COc1cc(Oc2ccccc2O)ccc1[N+](=O)[O-]. The predicted octanol–water partition coefficient (Wildman–Crippen LogP) is 3.10. The number of nitro groups is 1. The monoisotopic (exact) mass is 261 g/mol. The molecular formula is C13H11NO5. The molecule has 6 heteroatoms. The van der Waals surface area contributed by atoms with Gasteiger partial charge in [0.1, 0.15) is 5.75 Å². The van der Waals surface area contributed by atoms with Crippen LogP contribution in [0.15, 0.2) is 42.5 Å². The molecule has 2 aromatic rings. The van der Waals surface area contributed by atoms with Crippen molar-refractivity contribution in [2.45, 2.75) is 0 Å². The maximum atomic E-state index is 10.7. The molecule has 0 saturated carbocycles. The zero-order valence-corrected chi connectivity index (χ0v) is 10.1. The smallest absolute Gasteiger partial charge is 0.311 e. The summed E-state index contributed by atoms with van der Waals surface area (Å²) in [5.74, 6) is 0.681. The van der Waals surface area contributed by atoms with Crippen LogP contribution < -0.4 is 9.47 Å². The van der Waals surface area contributed by atoms with Gasteiger partial charge in [-0.15, -0.1) is 0 Å². The van der Waals surface area contributed by atoms with Crippen LogP contribution >= 0.6 is 0 Å². The fraction of sp³-hybridized carbons (Fsp3) is 0.0769. The van der Waals surface area contributed by atoms with E-state index in [2.05, 4.69) is 0 Å². The van der Waals surface area contributed by atoms with Crippen molar-refractivity contribution in [3.05, 3.63) is 52.6 Å². The van der Waals surface area contributed by atoms with Crippen LogP contribution in [0.5, 0.6) is 23.0 Å². The van der Waals surface area contributed by atoms with Crippen LogP contribution in [0.25, 0.3) is 0 Å². The molecule has 0 aliphatic rings. The Morgan fingerprint density at radius 1 is 1.16 bits per heavy atom. The van der Waals surface area contributed by atoms with Crippen molar-refractivity contribution in [1.29, 1.82) is 0 Å². The van der Waals surface area contributed by atoms with E-state index in [0.29, 0.717) is 5.75 Å². The molecule has 0 bridgehead atoms. The van der Waals surface area contributed by atoms with Gasteiger partial charge >= 0.3 is 5.69 Å². The summed E-state index contributed by atoms with van der Waals surface area (Å²) in [6, 6.07) is 10.6. The fourth-order valence-electron chi connectivity index (χ4n) is 1.54. The number of aromatic hydroxyl groups is 1. The number of hydrogen-bond acceptors (Lipinski definition) is 5. The molecule has 1 N–H and O–H groups in total. The van der Waals surface area contributed by atoms with E-state index in [-0.39, 0.29) is 22.9 Å². The van der Waals surface area contributed by atoms with Crippen molar-refractivity contribution in [3.8, 4) is 23.0 Å². The summed E-state index contributed by atoms with van der Waals surface area (Å²) in [5, 5.41) is 20.3. The first-order valence-electron chi connectivity index (χ1n) is 5.40. The Balaban J connectivity index is 2.32. The summed E-state index contributed by atoms with van der Waals surface area (Å²) < 4.78 is 10.4. The van der Waals surface area contributed by atoms with Gasteiger partial charge in [0.15, 0.2) is 11.5 Å². The molecule has 0 radical (unpaired) electrons. The molecule has 0 heterocycles. The van der Waals surface area contributed by atoms with E-state index in [4.69, 9.17) is 9.47 Å². The highest BCUT2D eigenvalue weighted by atomic mass is 16.6. The molecule has 0 unspecified atom stereocenters. The van der Waals surface area contributed by atoms with Crippen LogP contribution in [0.4, 0.5) is 5.69 Å². The van der Waals surface area contributed by atoms with Crippen molar-refractivity contribution in [3.63, 3.8) is 0 Å². The number of methoxy groups -OCH3 is 1. The number of nitrogens with zero attached hydrogens (tertiary/aromatic N) is 1. The Bertz CT molecular complexity index is 612. The first-order chi connectivity index (χ1) is 9.11. The van der Waals surface area contributed by atoms with Crippen LogP contribution in [0, 0.1) is 10.1 Å². The van der Waals surface area contributed by atoms with E-state index in [1.165, 1.54) is 31.4 Å². The number of phenolic OH excluding ortho intramolecular Hbond substituents is 1. The van der Waals surface area contributed by atoms with E-state index in [9.17, 15) is 15.2 Å². The number of benzene rings is 2. The van der Waals surface area contributed by atoms with Crippen LogP contribution in [-0.4, -0.2) is 17.1 Å². The summed E-state index contributed by atoms with van der Waals surface area (Å²) >= 11 is 0. The van der Waals surface area contributed by atoms with Crippen LogP contribution in [0.1, 0.15) is 0 Å². The van der Waals surface area contributed by atoms with Gasteiger partial charge < -0.3 is 14.6 Å². The Labute approximate surface area is 109 Å². The first-order valence-corrected chi connectivity index (χ1v) is 5.40. The molecule has 98 valence electrons. The summed E-state index contributed by atoms with van der Waals surface area (Å²) in [6.07, 6.45) is 0. The highest BCUT2D eigenvalue weighted by Gasteiger charge is 2.15. The van der Waals surface area contributed by atoms with Gasteiger partial charge in [-0.2, -0.15) is 0 Å². The van der Waals surface area contributed by atoms with Gasteiger partial charge in [0.2, 0.25) is 5.75 Å². The van der Waals surface area contributed by atoms with E-state index < -0.39 is 4.92 Å². The minimum atomic E-state index is -0.539. The lowest BCUT2D eigenvalue weighted by molar-refractivity contribution is -0.385. The normalized spacial score (nSPS) is 9.95. The Hall–Kier alpha value is -2.76. The molecule has 19 heavy (non-hydrogen) atoms. The van der Waals surface area contributed by atoms with E-state index in [1.54, 1.807) is 18.2 Å². The zero-order chi connectivity index (χ0) is 13.8. The van der Waals surface area contributed by atoms with Crippen molar-refractivity contribution in [2.24, 2.45) is 0 Å². The summed E-state index contributed by atoms with van der Waals surface area (Å²) in [7, 11) is 1.34. The second-order valence-electron chi connectivity index (χ2n) is 3.66. The molecule has 0 amide bonds. The predicted molar refractivity (Wildman–Crippen MR) is 67.8 cm³/mol. The molecule has 2 aromatic carbocycles. The average Bonchev–Trinajstić information content (AvgIpc) is 2.41. The molecule has 0 saturated heterocycles. The number of phenols is 1. The van der Waals surface area contributed by atoms with Gasteiger partial charge in [-0.05, 0) is 18.2 Å². The van der Waals surface area contributed by atoms with Gasteiger partial charge in [-0.1, -0.05) is 12.1 Å². The molecule has 0 aliphatic carbocycles. The van der Waals surface area contributed by atoms with Crippen LogP contribution in [0.2, 0.25) is 0 Å². The number of rotatable bonds is 4. The van der Waals surface area contributed by atoms with Gasteiger partial charge in [0.25, 0.3) is 0 Å². The molecule has 0 aliphatic heterocycles. The number of nitro benzene ring substituents is 1. The number of hydrogen-bond donors (Lipinski definition) is 1. The van der Waals surface area contributed by atoms with Crippen LogP contribution in [-0.2, 0) is 0 Å². The standard InChI is InChI=1S/C13H11NO5/c1-18-13-8-9(6-7-10(13)14(16)17)19-12-5-3-2-4-11(12)15/h2-8,15H,1H3. The van der Waals surface area contributed by atoms with Crippen molar-refractivity contribution in [2.75, 3.05) is 7.11 Å². The highest BCUT2D eigenvalue weighted by molar-refractivity contribution is 5.52. The Morgan fingerprint density at radius 2 is 1.89 bits per heavy atom. The molecule has 2 rings (SSSR count). The minimum absolute atomic E-state index is 0.0141. The number of ether oxygens (including phenoxy) is 2. The Morgan fingerprint density at radius 3 is 2.53 bits per heavy atom. The molecule has 0 fully saturated rings. The van der Waals surface area contributed by atoms with Gasteiger partial charge in [-0.25, -0.2) is 0 Å². The van der Waals surface area contributed by atoms with E-state index >= 15 is 0 Å². The van der Waals surface area contributed by atoms with Crippen molar-refractivity contribution >= 4 is 5.69 Å². The first kappa shape index (κ1) is 12.7. The quantitative estimate of drug-likeness (QED) is 0.675. The third-order valence-corrected chi connectivity index (χ3v) is 2.44. The van der Waals surface area contributed by atoms with E-state index in [0.717, 1.165) is 0 Å². The summed E-state index contributed by atoms with van der Waals surface area (Å²) in [5.41, 5.74) is -0.146. The minimum Gasteiger partial charge on any atom is -0.504 e. The number of para-hydroxylation sites is 2. The third-order valence-electron chi connectivity index (χ3n) is 2.44. The fourth-order valence-corrected chi connectivity index (χ4v) is 1.54. The Kier molecular flexibility index (Phi) is 3.51. The lowest BCUT2D eigenvalue weighted by Crippen LogP contribution is -1.94. The van der Waals surface area contributed by atoms with Crippen LogP contribution in [0.3, 0.4) is 0 Å². The largest absolute Gasteiger partial charge is 0.504 e. The summed E-state index contributed by atoms with van der Waals surface area (Å²) in [6.45, 7) is 0. The topological polar surface area (TPSA) is 81.8 Å². The molecule has 6 nitrogen and oxygen atoms in total. The van der Waals surface area contributed by atoms with Gasteiger partial charge in [0, 0.05) is 12.1 Å². The van der Waals surface area contributed by atoms with Crippen molar-refractivity contribution in [1.82, 2.24) is 0 Å². The average molecular weight is 261 g/mol. The molecule has 0 aromatic heterocycles. The van der Waals surface area contributed by atoms with E-state index in [1.807, 2.05) is 0 Å². The second-order valence-corrected chi connectivity index (χ2v) is 3.66. The van der Waals surface area contributed by atoms with Gasteiger partial charge in [0.05, 0.1) is 12.0 Å². The third kappa shape index (κ3) is 2.74. The zero-order valence-electron chi connectivity index (χ0n) is 10.1. The molecule has 0 atom stereocenters. The lowest BCUT2D eigenvalue weighted by atomic mass is 10.2. The summed E-state index contributed by atoms with van der Waals surface area (Å²) in [4.78, 5) is 10.2. The maximum absolute atomic E-state index is 10.7. The molecule has 0 spiro atoms. The lowest BCUT2D eigenvalue weighted by Gasteiger charge is -2.08. The maximum Gasteiger partial charge on any atom is 0.311 e. The van der Waals surface area contributed by atoms with Crippen molar-refractivity contribution < 1.29 is 19.5 Å². The van der Waals surface area contributed by atoms with Gasteiger partial charge in [-0.3, -0.25) is 10.1 Å². The second kappa shape index (κ2) is 5.26.